The maximum atomic E-state index is 13.0. The van der Waals surface area contributed by atoms with Gasteiger partial charge in [-0.15, -0.1) is 11.3 Å². The normalized spacial score (nSPS) is 10.7. The lowest BCUT2D eigenvalue weighted by Gasteiger charge is -1.94. The molecule has 0 N–H and O–H groups in total. The van der Waals surface area contributed by atoms with Gasteiger partial charge in [-0.1, -0.05) is 6.92 Å². The van der Waals surface area contributed by atoms with Gasteiger partial charge in [-0.05, 0) is 35.6 Å². The molecule has 0 fully saturated rings. The zero-order valence-electron chi connectivity index (χ0n) is 7.71. The lowest BCUT2D eigenvalue weighted by molar-refractivity contribution is 0.112. The van der Waals surface area contributed by atoms with Crippen molar-refractivity contribution >= 4 is 27.7 Å². The average molecular weight is 208 g/mol. The van der Waals surface area contributed by atoms with E-state index in [1.165, 1.54) is 23.5 Å². The van der Waals surface area contributed by atoms with Gasteiger partial charge >= 0.3 is 0 Å². The number of hydrogen-bond donors (Lipinski definition) is 0. The van der Waals surface area contributed by atoms with Gasteiger partial charge in [-0.25, -0.2) is 4.39 Å². The maximum absolute atomic E-state index is 13.0. The Balaban J connectivity index is 2.81. The van der Waals surface area contributed by atoms with Crippen molar-refractivity contribution < 1.29 is 9.18 Å². The smallest absolute Gasteiger partial charge is 0.160 e. The topological polar surface area (TPSA) is 17.1 Å². The maximum Gasteiger partial charge on any atom is 0.160 e. The van der Waals surface area contributed by atoms with Gasteiger partial charge in [-0.2, -0.15) is 0 Å². The molecule has 2 rings (SSSR count). The van der Waals surface area contributed by atoms with Crippen LogP contribution in [0, 0.1) is 5.82 Å². The van der Waals surface area contributed by atoms with Gasteiger partial charge in [0.1, 0.15) is 5.82 Å². The van der Waals surface area contributed by atoms with Crippen molar-refractivity contribution in [3.8, 4) is 0 Å². The summed E-state index contributed by atoms with van der Waals surface area (Å²) in [5.74, 6) is -0.248. The fraction of sp³-hybridized carbons (Fsp3) is 0.182. The monoisotopic (exact) mass is 208 g/mol. The van der Waals surface area contributed by atoms with Gasteiger partial charge in [0, 0.05) is 4.70 Å². The second-order valence-electron chi connectivity index (χ2n) is 3.06. The Morgan fingerprint density at radius 3 is 2.93 bits per heavy atom. The number of hydrogen-bond acceptors (Lipinski definition) is 2. The summed E-state index contributed by atoms with van der Waals surface area (Å²) in [6.07, 6.45) is 1.61. The van der Waals surface area contributed by atoms with E-state index in [9.17, 15) is 9.18 Å². The zero-order chi connectivity index (χ0) is 10.1. The Hall–Kier alpha value is -1.22. The molecule has 0 saturated carbocycles. The summed E-state index contributed by atoms with van der Waals surface area (Å²) in [4.78, 5) is 11.5. The van der Waals surface area contributed by atoms with Crippen molar-refractivity contribution in [1.29, 1.82) is 0 Å². The standard InChI is InChI=1S/C11H9FOS/c1-2-8-9-5-7(12)3-4-10(9)14-11(8)6-13/h3-6H,2H2,1H3. The molecule has 0 saturated heterocycles. The molecule has 0 aliphatic rings. The summed E-state index contributed by atoms with van der Waals surface area (Å²) in [6.45, 7) is 1.97. The lowest BCUT2D eigenvalue weighted by Crippen LogP contribution is -1.83. The number of benzene rings is 1. The van der Waals surface area contributed by atoms with Crippen LogP contribution >= 0.6 is 11.3 Å². The minimum Gasteiger partial charge on any atom is -0.297 e. The van der Waals surface area contributed by atoms with Gasteiger partial charge < -0.3 is 0 Å². The Kier molecular flexibility index (Phi) is 2.33. The van der Waals surface area contributed by atoms with Crippen molar-refractivity contribution in [2.45, 2.75) is 13.3 Å². The molecule has 0 bridgehead atoms. The Labute approximate surface area is 85.2 Å². The van der Waals surface area contributed by atoms with Gasteiger partial charge in [0.2, 0.25) is 0 Å². The van der Waals surface area contributed by atoms with Crippen LogP contribution in [-0.4, -0.2) is 6.29 Å². The first-order valence-corrected chi connectivity index (χ1v) is 5.24. The summed E-state index contributed by atoms with van der Waals surface area (Å²) >= 11 is 1.42. The number of rotatable bonds is 2. The van der Waals surface area contributed by atoms with Crippen LogP contribution in [0.15, 0.2) is 18.2 Å². The van der Waals surface area contributed by atoms with E-state index in [1.807, 2.05) is 6.92 Å². The minimum absolute atomic E-state index is 0.248. The molecular weight excluding hydrogens is 199 g/mol. The van der Waals surface area contributed by atoms with Crippen LogP contribution in [0.3, 0.4) is 0 Å². The summed E-state index contributed by atoms with van der Waals surface area (Å²) < 4.78 is 14.0. The van der Waals surface area contributed by atoms with Crippen LogP contribution in [0.2, 0.25) is 0 Å². The average Bonchev–Trinajstić information content (AvgIpc) is 2.54. The van der Waals surface area contributed by atoms with Crippen molar-refractivity contribution in [3.63, 3.8) is 0 Å². The molecule has 0 unspecified atom stereocenters. The van der Waals surface area contributed by atoms with E-state index in [2.05, 4.69) is 0 Å². The molecule has 2 aromatic rings. The van der Waals surface area contributed by atoms with Crippen molar-refractivity contribution in [1.82, 2.24) is 0 Å². The van der Waals surface area contributed by atoms with Gasteiger partial charge in [-0.3, -0.25) is 4.79 Å². The van der Waals surface area contributed by atoms with E-state index in [0.29, 0.717) is 4.88 Å². The summed E-state index contributed by atoms with van der Waals surface area (Å²) in [5.41, 5.74) is 0.958. The van der Waals surface area contributed by atoms with Gasteiger partial charge in [0.15, 0.2) is 6.29 Å². The molecule has 0 aliphatic carbocycles. The van der Waals surface area contributed by atoms with E-state index >= 15 is 0 Å². The molecule has 72 valence electrons. The van der Waals surface area contributed by atoms with E-state index in [1.54, 1.807) is 6.07 Å². The van der Waals surface area contributed by atoms with E-state index in [0.717, 1.165) is 28.4 Å². The summed E-state index contributed by atoms with van der Waals surface area (Å²) in [5, 5.41) is 0.875. The lowest BCUT2D eigenvalue weighted by atomic mass is 10.1. The number of thiophene rings is 1. The fourth-order valence-corrected chi connectivity index (χ4v) is 2.69. The second-order valence-corrected chi connectivity index (χ2v) is 4.14. The predicted molar refractivity (Wildman–Crippen MR) is 56.5 cm³/mol. The van der Waals surface area contributed by atoms with Crippen LogP contribution in [0.1, 0.15) is 22.2 Å². The van der Waals surface area contributed by atoms with Crippen LogP contribution in [0.5, 0.6) is 0 Å². The summed E-state index contributed by atoms with van der Waals surface area (Å²) in [6, 6.07) is 4.64. The highest BCUT2D eigenvalue weighted by molar-refractivity contribution is 7.20. The van der Waals surface area contributed by atoms with Gasteiger partial charge in [0.05, 0.1) is 4.88 Å². The second kappa shape index (κ2) is 3.50. The number of halogens is 1. The molecule has 1 aromatic carbocycles. The number of aryl methyl sites for hydroxylation is 1. The van der Waals surface area contributed by atoms with Crippen LogP contribution < -0.4 is 0 Å². The minimum atomic E-state index is -0.248. The molecule has 3 heteroatoms. The van der Waals surface area contributed by atoms with Gasteiger partial charge in [0.25, 0.3) is 0 Å². The Bertz CT molecular complexity index is 487. The third-order valence-electron chi connectivity index (χ3n) is 2.24. The quantitative estimate of drug-likeness (QED) is 0.691. The third kappa shape index (κ3) is 1.34. The number of carbonyl (C=O) groups is 1. The van der Waals surface area contributed by atoms with Crippen molar-refractivity contribution in [3.05, 3.63) is 34.5 Å². The van der Waals surface area contributed by atoms with Crippen LogP contribution in [0.4, 0.5) is 4.39 Å². The molecule has 1 nitrogen and oxygen atoms in total. The van der Waals surface area contributed by atoms with E-state index in [-0.39, 0.29) is 5.82 Å². The highest BCUT2D eigenvalue weighted by atomic mass is 32.1. The molecule has 0 radical (unpaired) electrons. The predicted octanol–water partition coefficient (Wildman–Crippen LogP) is 3.42. The number of aldehydes is 1. The molecule has 0 aliphatic heterocycles. The SMILES string of the molecule is CCc1c(C=O)sc2ccc(F)cc12. The first-order valence-electron chi connectivity index (χ1n) is 4.42. The molecule has 0 atom stereocenters. The van der Waals surface area contributed by atoms with E-state index < -0.39 is 0 Å². The molecule has 14 heavy (non-hydrogen) atoms. The zero-order valence-corrected chi connectivity index (χ0v) is 8.53. The van der Waals surface area contributed by atoms with Crippen molar-refractivity contribution in [2.75, 3.05) is 0 Å². The molecule has 0 spiro atoms. The first kappa shape index (κ1) is 9.34. The Morgan fingerprint density at radius 1 is 1.50 bits per heavy atom. The van der Waals surface area contributed by atoms with Crippen LogP contribution in [0.25, 0.3) is 10.1 Å². The highest BCUT2D eigenvalue weighted by Gasteiger charge is 2.10. The van der Waals surface area contributed by atoms with Crippen molar-refractivity contribution in [2.24, 2.45) is 0 Å². The number of carbonyl (C=O) groups excluding carboxylic acids is 1. The highest BCUT2D eigenvalue weighted by Crippen LogP contribution is 2.31. The molecular formula is C11H9FOS. The van der Waals surface area contributed by atoms with Crippen LogP contribution in [-0.2, 0) is 6.42 Å². The first-order chi connectivity index (χ1) is 6.76. The molecule has 1 aromatic heterocycles. The van der Waals surface area contributed by atoms with E-state index in [4.69, 9.17) is 0 Å². The molecule has 1 heterocycles. The summed E-state index contributed by atoms with van der Waals surface area (Å²) in [7, 11) is 0. The Morgan fingerprint density at radius 2 is 2.29 bits per heavy atom. The fourth-order valence-electron chi connectivity index (χ4n) is 1.60. The largest absolute Gasteiger partial charge is 0.297 e. The molecule has 0 amide bonds. The third-order valence-corrected chi connectivity index (χ3v) is 3.38. The number of fused-ring (bicyclic) bond motifs is 1.